The third kappa shape index (κ3) is 2.94. The van der Waals surface area contributed by atoms with Gasteiger partial charge in [-0.15, -0.1) is 0 Å². The van der Waals surface area contributed by atoms with E-state index in [1.165, 1.54) is 0 Å². The second kappa shape index (κ2) is 4.97. The van der Waals surface area contributed by atoms with Gasteiger partial charge in [-0.2, -0.15) is 0 Å². The van der Waals surface area contributed by atoms with Gasteiger partial charge in [0.1, 0.15) is 0 Å². The summed E-state index contributed by atoms with van der Waals surface area (Å²) < 4.78 is 5.72. The maximum absolute atomic E-state index is 11.9. The molecule has 2 rings (SSSR count). The summed E-state index contributed by atoms with van der Waals surface area (Å²) in [6, 6.07) is 0. The van der Waals surface area contributed by atoms with Crippen LogP contribution in [0.5, 0.6) is 0 Å². The SMILES string of the molecule is CCCOC1CCCN(C(=O)C2CC2)C1. The Morgan fingerprint density at radius 1 is 1.40 bits per heavy atom. The van der Waals surface area contributed by atoms with Gasteiger partial charge < -0.3 is 9.64 Å². The van der Waals surface area contributed by atoms with Crippen molar-refractivity contribution >= 4 is 5.91 Å². The third-order valence-corrected chi connectivity index (χ3v) is 3.17. The predicted octanol–water partition coefficient (Wildman–Crippen LogP) is 1.81. The highest BCUT2D eigenvalue weighted by Gasteiger charge is 2.35. The smallest absolute Gasteiger partial charge is 0.225 e. The van der Waals surface area contributed by atoms with Crippen molar-refractivity contribution in [2.75, 3.05) is 19.7 Å². The van der Waals surface area contributed by atoms with E-state index >= 15 is 0 Å². The molecule has 2 aliphatic rings. The summed E-state index contributed by atoms with van der Waals surface area (Å²) in [7, 11) is 0. The Balaban J connectivity index is 1.78. The summed E-state index contributed by atoms with van der Waals surface area (Å²) in [4.78, 5) is 13.9. The first kappa shape index (κ1) is 10.9. The number of piperidine rings is 1. The number of carbonyl (C=O) groups excluding carboxylic acids is 1. The lowest BCUT2D eigenvalue weighted by Crippen LogP contribution is -2.44. The van der Waals surface area contributed by atoms with Crippen molar-refractivity contribution in [3.63, 3.8) is 0 Å². The molecule has 1 amide bonds. The van der Waals surface area contributed by atoms with Gasteiger partial charge in [-0.3, -0.25) is 4.79 Å². The zero-order valence-electron chi connectivity index (χ0n) is 9.58. The molecule has 1 saturated carbocycles. The zero-order chi connectivity index (χ0) is 10.7. The Kier molecular flexibility index (Phi) is 3.62. The standard InChI is InChI=1S/C12H21NO2/c1-2-8-15-11-4-3-7-13(9-11)12(14)10-5-6-10/h10-11H,2-9H2,1H3. The van der Waals surface area contributed by atoms with Crippen LogP contribution in [-0.4, -0.2) is 36.6 Å². The van der Waals surface area contributed by atoms with Crippen molar-refractivity contribution in [2.45, 2.75) is 45.1 Å². The Bertz CT molecular complexity index is 226. The van der Waals surface area contributed by atoms with Crippen LogP contribution in [0.25, 0.3) is 0 Å². The molecule has 2 fully saturated rings. The first-order chi connectivity index (χ1) is 7.31. The first-order valence-corrected chi connectivity index (χ1v) is 6.21. The monoisotopic (exact) mass is 211 g/mol. The average Bonchev–Trinajstić information content (AvgIpc) is 3.09. The molecule has 0 spiro atoms. The Labute approximate surface area is 91.8 Å². The highest BCUT2D eigenvalue weighted by molar-refractivity contribution is 5.81. The molecule has 1 atom stereocenters. The average molecular weight is 211 g/mol. The Morgan fingerprint density at radius 2 is 2.20 bits per heavy atom. The molecule has 0 N–H and O–H groups in total. The molecular formula is C12H21NO2. The van der Waals surface area contributed by atoms with E-state index in [2.05, 4.69) is 6.92 Å². The van der Waals surface area contributed by atoms with Gasteiger partial charge in [0.25, 0.3) is 0 Å². The van der Waals surface area contributed by atoms with Crippen LogP contribution in [-0.2, 0) is 9.53 Å². The minimum atomic E-state index is 0.293. The lowest BCUT2D eigenvalue weighted by atomic mass is 10.1. The topological polar surface area (TPSA) is 29.5 Å². The van der Waals surface area contributed by atoms with Gasteiger partial charge in [-0.25, -0.2) is 0 Å². The molecule has 1 aliphatic carbocycles. The molecule has 0 aromatic carbocycles. The second-order valence-corrected chi connectivity index (χ2v) is 4.69. The number of ether oxygens (including phenoxy) is 1. The van der Waals surface area contributed by atoms with Crippen LogP contribution < -0.4 is 0 Å². The van der Waals surface area contributed by atoms with E-state index in [0.29, 0.717) is 17.9 Å². The highest BCUT2D eigenvalue weighted by Crippen LogP contribution is 2.32. The van der Waals surface area contributed by atoms with E-state index in [-0.39, 0.29) is 0 Å². The van der Waals surface area contributed by atoms with Gasteiger partial charge in [-0.05, 0) is 32.1 Å². The molecule has 3 heteroatoms. The van der Waals surface area contributed by atoms with Crippen molar-refractivity contribution in [3.8, 4) is 0 Å². The zero-order valence-corrected chi connectivity index (χ0v) is 9.58. The number of likely N-dealkylation sites (tertiary alicyclic amines) is 1. The van der Waals surface area contributed by atoms with Crippen molar-refractivity contribution in [2.24, 2.45) is 5.92 Å². The maximum atomic E-state index is 11.9. The fourth-order valence-corrected chi connectivity index (χ4v) is 2.15. The number of hydrogen-bond donors (Lipinski definition) is 0. The molecule has 1 aliphatic heterocycles. The van der Waals surface area contributed by atoms with Crippen LogP contribution in [0.4, 0.5) is 0 Å². The molecular weight excluding hydrogens is 190 g/mol. The maximum Gasteiger partial charge on any atom is 0.225 e. The second-order valence-electron chi connectivity index (χ2n) is 4.69. The van der Waals surface area contributed by atoms with E-state index in [4.69, 9.17) is 4.74 Å². The van der Waals surface area contributed by atoms with E-state index in [1.54, 1.807) is 0 Å². The summed E-state index contributed by atoms with van der Waals surface area (Å²) in [5.41, 5.74) is 0. The molecule has 1 unspecified atom stereocenters. The van der Waals surface area contributed by atoms with Crippen molar-refractivity contribution in [1.29, 1.82) is 0 Å². The molecule has 0 radical (unpaired) electrons. The summed E-state index contributed by atoms with van der Waals surface area (Å²) in [6.07, 6.45) is 5.79. The quantitative estimate of drug-likeness (QED) is 0.710. The minimum absolute atomic E-state index is 0.293. The van der Waals surface area contributed by atoms with Gasteiger partial charge in [-0.1, -0.05) is 6.92 Å². The predicted molar refractivity (Wildman–Crippen MR) is 58.6 cm³/mol. The van der Waals surface area contributed by atoms with E-state index in [1.807, 2.05) is 4.90 Å². The van der Waals surface area contributed by atoms with Gasteiger partial charge in [0.15, 0.2) is 0 Å². The lowest BCUT2D eigenvalue weighted by Gasteiger charge is -2.32. The number of rotatable bonds is 4. The normalized spacial score (nSPS) is 26.7. The van der Waals surface area contributed by atoms with Crippen LogP contribution in [0, 0.1) is 5.92 Å². The summed E-state index contributed by atoms with van der Waals surface area (Å²) in [5.74, 6) is 0.731. The molecule has 3 nitrogen and oxygen atoms in total. The van der Waals surface area contributed by atoms with Gasteiger partial charge >= 0.3 is 0 Å². The molecule has 86 valence electrons. The molecule has 15 heavy (non-hydrogen) atoms. The molecule has 0 aromatic rings. The van der Waals surface area contributed by atoms with E-state index in [0.717, 1.165) is 51.8 Å². The van der Waals surface area contributed by atoms with Crippen LogP contribution in [0.2, 0.25) is 0 Å². The molecule has 1 heterocycles. The fourth-order valence-electron chi connectivity index (χ4n) is 2.15. The Hall–Kier alpha value is -0.570. The summed E-state index contributed by atoms with van der Waals surface area (Å²) >= 11 is 0. The molecule has 0 aromatic heterocycles. The highest BCUT2D eigenvalue weighted by atomic mass is 16.5. The number of carbonyl (C=O) groups is 1. The van der Waals surface area contributed by atoms with Crippen LogP contribution >= 0.6 is 0 Å². The van der Waals surface area contributed by atoms with Crippen molar-refractivity contribution < 1.29 is 9.53 Å². The number of nitrogens with zero attached hydrogens (tertiary/aromatic N) is 1. The largest absolute Gasteiger partial charge is 0.376 e. The fraction of sp³-hybridized carbons (Fsp3) is 0.917. The molecule has 1 saturated heterocycles. The Morgan fingerprint density at radius 3 is 2.87 bits per heavy atom. The van der Waals surface area contributed by atoms with Crippen LogP contribution in [0.3, 0.4) is 0 Å². The summed E-state index contributed by atoms with van der Waals surface area (Å²) in [5, 5.41) is 0. The van der Waals surface area contributed by atoms with Crippen LogP contribution in [0.15, 0.2) is 0 Å². The van der Waals surface area contributed by atoms with Crippen molar-refractivity contribution in [3.05, 3.63) is 0 Å². The van der Waals surface area contributed by atoms with Gasteiger partial charge in [0, 0.05) is 25.6 Å². The molecule has 0 bridgehead atoms. The first-order valence-electron chi connectivity index (χ1n) is 6.21. The summed E-state index contributed by atoms with van der Waals surface area (Å²) in [6.45, 7) is 4.72. The van der Waals surface area contributed by atoms with Crippen LogP contribution in [0.1, 0.15) is 39.0 Å². The number of hydrogen-bond acceptors (Lipinski definition) is 2. The minimum Gasteiger partial charge on any atom is -0.376 e. The van der Waals surface area contributed by atoms with Crippen molar-refractivity contribution in [1.82, 2.24) is 4.90 Å². The van der Waals surface area contributed by atoms with Gasteiger partial charge in [0.2, 0.25) is 5.91 Å². The van der Waals surface area contributed by atoms with Gasteiger partial charge in [0.05, 0.1) is 6.10 Å². The lowest BCUT2D eigenvalue weighted by molar-refractivity contribution is -0.136. The third-order valence-electron chi connectivity index (χ3n) is 3.17. The number of amides is 1. The van der Waals surface area contributed by atoms with E-state index in [9.17, 15) is 4.79 Å². The van der Waals surface area contributed by atoms with E-state index < -0.39 is 0 Å².